The third-order valence-electron chi connectivity index (χ3n) is 2.94. The molecular weight excluding hydrogens is 196 g/mol. The molecule has 90 valence electrons. The van der Waals surface area contributed by atoms with Gasteiger partial charge in [-0.3, -0.25) is 0 Å². The Morgan fingerprint density at radius 2 is 1.38 bits per heavy atom. The van der Waals surface area contributed by atoms with Gasteiger partial charge in [0.2, 0.25) is 0 Å². The van der Waals surface area contributed by atoms with Crippen molar-refractivity contribution in [3.05, 3.63) is 28.8 Å². The number of hydrogen-bond donors (Lipinski definition) is 1. The fraction of sp³-hybridized carbons (Fsp3) is 0.600. The molecule has 1 aromatic rings. The molecule has 0 saturated carbocycles. The fourth-order valence-corrected chi connectivity index (χ4v) is 2.08. The molecule has 0 saturated heterocycles. The first-order valence-electron chi connectivity index (χ1n) is 5.88. The molecule has 0 atom stereocenters. The summed E-state index contributed by atoms with van der Waals surface area (Å²) >= 11 is 0. The van der Waals surface area contributed by atoms with E-state index in [9.17, 15) is 5.11 Å². The highest BCUT2D eigenvalue weighted by atomic mass is 16.3. The summed E-state index contributed by atoms with van der Waals surface area (Å²) in [5.41, 5.74) is 3.31. The highest BCUT2D eigenvalue weighted by molar-refractivity contribution is 5.50. The molecule has 1 rings (SSSR count). The number of rotatable bonds is 0. The lowest BCUT2D eigenvalue weighted by Crippen LogP contribution is -2.22. The van der Waals surface area contributed by atoms with E-state index in [4.69, 9.17) is 0 Å². The first-order valence-corrected chi connectivity index (χ1v) is 5.88. The van der Waals surface area contributed by atoms with Crippen molar-refractivity contribution in [1.82, 2.24) is 0 Å². The van der Waals surface area contributed by atoms with Crippen molar-refractivity contribution >= 4 is 0 Å². The maximum atomic E-state index is 10.3. The number of aromatic hydroxyl groups is 1. The van der Waals surface area contributed by atoms with E-state index >= 15 is 0 Å². The first-order chi connectivity index (χ1) is 7.05. The molecule has 0 aromatic heterocycles. The Balaban J connectivity index is 3.59. The molecule has 0 aliphatic heterocycles. The summed E-state index contributed by atoms with van der Waals surface area (Å²) in [5, 5.41) is 10.3. The second kappa shape index (κ2) is 3.80. The largest absolute Gasteiger partial charge is 0.507 e. The summed E-state index contributed by atoms with van der Waals surface area (Å²) in [6, 6.07) is 4.15. The molecule has 1 heteroatoms. The molecular formula is C15H24O. The molecule has 0 heterocycles. The SMILES string of the molecule is Cc1ccc(C(C)(C)C)c(C(C)(C)C)c1O. The lowest BCUT2D eigenvalue weighted by atomic mass is 9.74. The molecule has 1 nitrogen and oxygen atoms in total. The van der Waals surface area contributed by atoms with Crippen LogP contribution in [0.4, 0.5) is 0 Å². The zero-order valence-electron chi connectivity index (χ0n) is 11.6. The normalized spacial score (nSPS) is 12.9. The zero-order chi connectivity index (χ0) is 12.7. The summed E-state index contributed by atoms with van der Waals surface area (Å²) < 4.78 is 0. The Morgan fingerprint density at radius 1 is 0.875 bits per heavy atom. The second-order valence-electron chi connectivity index (χ2n) is 6.65. The van der Waals surface area contributed by atoms with Crippen molar-refractivity contribution in [3.8, 4) is 5.75 Å². The highest BCUT2D eigenvalue weighted by Crippen LogP contribution is 2.40. The van der Waals surface area contributed by atoms with Gasteiger partial charge in [-0.15, -0.1) is 0 Å². The van der Waals surface area contributed by atoms with Gasteiger partial charge in [0.25, 0.3) is 0 Å². The van der Waals surface area contributed by atoms with Gasteiger partial charge in [-0.2, -0.15) is 0 Å². The minimum Gasteiger partial charge on any atom is -0.507 e. The van der Waals surface area contributed by atoms with E-state index in [0.29, 0.717) is 5.75 Å². The topological polar surface area (TPSA) is 20.2 Å². The lowest BCUT2D eigenvalue weighted by Gasteiger charge is -2.31. The van der Waals surface area contributed by atoms with E-state index in [-0.39, 0.29) is 10.8 Å². The average molecular weight is 220 g/mol. The Labute approximate surface area is 99.5 Å². The van der Waals surface area contributed by atoms with Crippen LogP contribution in [0.3, 0.4) is 0 Å². The number of hydrogen-bond acceptors (Lipinski definition) is 1. The van der Waals surface area contributed by atoms with E-state index in [1.54, 1.807) is 0 Å². The van der Waals surface area contributed by atoms with Crippen molar-refractivity contribution in [3.63, 3.8) is 0 Å². The summed E-state index contributed by atoms with van der Waals surface area (Å²) in [5.74, 6) is 0.458. The average Bonchev–Trinajstić information content (AvgIpc) is 2.05. The van der Waals surface area contributed by atoms with Crippen LogP contribution in [0, 0.1) is 6.92 Å². The van der Waals surface area contributed by atoms with E-state index in [2.05, 4.69) is 47.6 Å². The van der Waals surface area contributed by atoms with Gasteiger partial charge in [0, 0.05) is 5.56 Å². The molecule has 0 bridgehead atoms. The molecule has 0 unspecified atom stereocenters. The zero-order valence-corrected chi connectivity index (χ0v) is 11.6. The van der Waals surface area contributed by atoms with Crippen LogP contribution in [0.25, 0.3) is 0 Å². The van der Waals surface area contributed by atoms with E-state index in [1.807, 2.05) is 13.0 Å². The summed E-state index contributed by atoms with van der Waals surface area (Å²) in [6.07, 6.45) is 0. The van der Waals surface area contributed by atoms with Gasteiger partial charge in [0.05, 0.1) is 0 Å². The quantitative estimate of drug-likeness (QED) is 0.691. The molecule has 0 fully saturated rings. The van der Waals surface area contributed by atoms with Gasteiger partial charge < -0.3 is 5.11 Å². The van der Waals surface area contributed by atoms with Crippen LogP contribution < -0.4 is 0 Å². The van der Waals surface area contributed by atoms with Gasteiger partial charge in [-0.25, -0.2) is 0 Å². The molecule has 16 heavy (non-hydrogen) atoms. The van der Waals surface area contributed by atoms with Gasteiger partial charge in [0.15, 0.2) is 0 Å². The van der Waals surface area contributed by atoms with Crippen molar-refractivity contribution in [1.29, 1.82) is 0 Å². The fourth-order valence-electron chi connectivity index (χ4n) is 2.08. The lowest BCUT2D eigenvalue weighted by molar-refractivity contribution is 0.432. The number of phenolic OH excluding ortho intramolecular Hbond substituents is 1. The summed E-state index contributed by atoms with van der Waals surface area (Å²) in [4.78, 5) is 0. The van der Waals surface area contributed by atoms with Crippen molar-refractivity contribution in [2.75, 3.05) is 0 Å². The van der Waals surface area contributed by atoms with Crippen LogP contribution in [0.2, 0.25) is 0 Å². The summed E-state index contributed by atoms with van der Waals surface area (Å²) in [7, 11) is 0. The van der Waals surface area contributed by atoms with Crippen molar-refractivity contribution < 1.29 is 5.11 Å². The van der Waals surface area contributed by atoms with Crippen LogP contribution in [-0.2, 0) is 10.8 Å². The van der Waals surface area contributed by atoms with Crippen molar-refractivity contribution in [2.24, 2.45) is 0 Å². The predicted molar refractivity (Wildman–Crippen MR) is 70.2 cm³/mol. The molecule has 0 radical (unpaired) electrons. The third-order valence-corrected chi connectivity index (χ3v) is 2.94. The van der Waals surface area contributed by atoms with E-state index < -0.39 is 0 Å². The summed E-state index contributed by atoms with van der Waals surface area (Å²) in [6.45, 7) is 15.0. The Hall–Kier alpha value is -0.980. The molecule has 0 spiro atoms. The minimum absolute atomic E-state index is 0.0291. The number of benzene rings is 1. The van der Waals surface area contributed by atoms with E-state index in [0.717, 1.165) is 11.1 Å². The minimum atomic E-state index is -0.0291. The maximum absolute atomic E-state index is 10.3. The monoisotopic (exact) mass is 220 g/mol. The molecule has 0 aliphatic carbocycles. The molecule has 0 aliphatic rings. The second-order valence-corrected chi connectivity index (χ2v) is 6.65. The molecule has 0 amide bonds. The molecule has 1 N–H and O–H groups in total. The van der Waals surface area contributed by atoms with Crippen LogP contribution in [0.1, 0.15) is 58.2 Å². The van der Waals surface area contributed by atoms with Crippen LogP contribution in [0.5, 0.6) is 5.75 Å². The van der Waals surface area contributed by atoms with Crippen LogP contribution >= 0.6 is 0 Å². The standard InChI is InChI=1S/C15H24O/c1-10-8-9-11(14(2,3)4)12(13(10)16)15(5,6)7/h8-9,16H,1-7H3. The van der Waals surface area contributed by atoms with E-state index in [1.165, 1.54) is 5.56 Å². The Kier molecular flexibility index (Phi) is 3.11. The number of phenols is 1. The van der Waals surface area contributed by atoms with Gasteiger partial charge >= 0.3 is 0 Å². The predicted octanol–water partition coefficient (Wildman–Crippen LogP) is 4.30. The van der Waals surface area contributed by atoms with Crippen molar-refractivity contribution in [2.45, 2.75) is 59.3 Å². The number of aryl methyl sites for hydroxylation is 1. The smallest absolute Gasteiger partial charge is 0.122 e. The Bertz CT molecular complexity index is 389. The van der Waals surface area contributed by atoms with Crippen LogP contribution in [0.15, 0.2) is 12.1 Å². The van der Waals surface area contributed by atoms with Gasteiger partial charge in [-0.1, -0.05) is 53.7 Å². The third kappa shape index (κ3) is 2.40. The maximum Gasteiger partial charge on any atom is 0.122 e. The highest BCUT2D eigenvalue weighted by Gasteiger charge is 2.28. The van der Waals surface area contributed by atoms with Crippen LogP contribution in [-0.4, -0.2) is 5.11 Å². The first kappa shape index (κ1) is 13.1. The Morgan fingerprint density at radius 3 is 1.75 bits per heavy atom. The van der Waals surface area contributed by atoms with Gasteiger partial charge in [-0.05, 0) is 28.9 Å². The van der Waals surface area contributed by atoms with Gasteiger partial charge in [0.1, 0.15) is 5.75 Å². The molecule has 1 aromatic carbocycles.